The Hall–Kier alpha value is -2.43. The van der Waals surface area contributed by atoms with E-state index in [1.165, 1.54) is 18.4 Å². The van der Waals surface area contributed by atoms with Crippen LogP contribution in [0.1, 0.15) is 24.0 Å². The summed E-state index contributed by atoms with van der Waals surface area (Å²) >= 11 is 0. The molecular formula is C17H20N4O. The second-order valence-corrected chi connectivity index (χ2v) is 5.68. The maximum Gasteiger partial charge on any atom is 0.229 e. The molecule has 1 N–H and O–H groups in total. The molecule has 0 unspecified atom stereocenters. The monoisotopic (exact) mass is 296 g/mol. The van der Waals surface area contributed by atoms with E-state index >= 15 is 0 Å². The fraction of sp³-hybridized carbons (Fsp3) is 0.353. The van der Waals surface area contributed by atoms with E-state index in [1.54, 1.807) is 0 Å². The lowest BCUT2D eigenvalue weighted by Crippen LogP contribution is -2.20. The summed E-state index contributed by atoms with van der Waals surface area (Å²) < 4.78 is 0. The van der Waals surface area contributed by atoms with Gasteiger partial charge in [0, 0.05) is 13.1 Å². The maximum absolute atomic E-state index is 12.0. The zero-order valence-corrected chi connectivity index (χ0v) is 12.7. The van der Waals surface area contributed by atoms with Gasteiger partial charge in [0.2, 0.25) is 5.91 Å². The van der Waals surface area contributed by atoms with Crippen LogP contribution >= 0.6 is 0 Å². The van der Waals surface area contributed by atoms with Crippen molar-refractivity contribution < 1.29 is 4.79 Å². The minimum Gasteiger partial charge on any atom is -0.355 e. The van der Waals surface area contributed by atoms with E-state index in [9.17, 15) is 4.79 Å². The van der Waals surface area contributed by atoms with Gasteiger partial charge >= 0.3 is 0 Å². The van der Waals surface area contributed by atoms with Crippen molar-refractivity contribution in [3.8, 4) is 0 Å². The molecule has 1 aliphatic rings. The average molecular weight is 296 g/mol. The van der Waals surface area contributed by atoms with Crippen LogP contribution in [0.4, 0.5) is 11.6 Å². The molecule has 0 spiro atoms. The molecule has 1 aromatic carbocycles. The minimum atomic E-state index is -0.0768. The van der Waals surface area contributed by atoms with Crippen LogP contribution in [0, 0.1) is 6.92 Å². The highest BCUT2D eigenvalue weighted by Crippen LogP contribution is 2.17. The zero-order valence-electron chi connectivity index (χ0n) is 12.7. The van der Waals surface area contributed by atoms with E-state index in [1.807, 2.05) is 43.3 Å². The van der Waals surface area contributed by atoms with Gasteiger partial charge in [0.05, 0.1) is 6.42 Å². The summed E-state index contributed by atoms with van der Waals surface area (Å²) in [6, 6.07) is 11.7. The predicted molar refractivity (Wildman–Crippen MR) is 87.0 cm³/mol. The number of aryl methyl sites for hydroxylation is 1. The summed E-state index contributed by atoms with van der Waals surface area (Å²) in [6.45, 7) is 4.10. The Morgan fingerprint density at radius 1 is 1.09 bits per heavy atom. The first kappa shape index (κ1) is 14.5. The fourth-order valence-electron chi connectivity index (χ4n) is 2.59. The van der Waals surface area contributed by atoms with Crippen LogP contribution in [0.15, 0.2) is 36.4 Å². The first-order valence-electron chi connectivity index (χ1n) is 7.65. The van der Waals surface area contributed by atoms with Crippen LogP contribution in [0.25, 0.3) is 0 Å². The highest BCUT2D eigenvalue weighted by molar-refractivity contribution is 5.91. The molecular weight excluding hydrogens is 276 g/mol. The highest BCUT2D eigenvalue weighted by Gasteiger charge is 2.14. The Morgan fingerprint density at radius 3 is 2.45 bits per heavy atom. The average Bonchev–Trinajstić information content (AvgIpc) is 3.05. The molecule has 1 aromatic heterocycles. The molecule has 2 heterocycles. The smallest absolute Gasteiger partial charge is 0.229 e. The predicted octanol–water partition coefficient (Wildman–Crippen LogP) is 2.57. The van der Waals surface area contributed by atoms with E-state index in [0.29, 0.717) is 12.2 Å². The standard InChI is InChI=1S/C17H20N4O/c1-13-4-6-14(7-5-13)12-17(22)18-15-8-9-16(20-19-15)21-10-2-3-11-21/h4-9H,2-3,10-12H2,1H3,(H,18,19,22). The lowest BCUT2D eigenvalue weighted by molar-refractivity contribution is -0.115. The van der Waals surface area contributed by atoms with Crippen molar-refractivity contribution in [3.05, 3.63) is 47.5 Å². The van der Waals surface area contributed by atoms with Gasteiger partial charge in [-0.3, -0.25) is 4.79 Å². The van der Waals surface area contributed by atoms with E-state index in [0.717, 1.165) is 24.5 Å². The van der Waals surface area contributed by atoms with Crippen molar-refractivity contribution in [3.63, 3.8) is 0 Å². The van der Waals surface area contributed by atoms with Gasteiger partial charge in [-0.05, 0) is 37.5 Å². The molecule has 22 heavy (non-hydrogen) atoms. The molecule has 114 valence electrons. The number of carbonyl (C=O) groups is 1. The van der Waals surface area contributed by atoms with Gasteiger partial charge in [-0.15, -0.1) is 10.2 Å². The molecule has 1 saturated heterocycles. The third kappa shape index (κ3) is 3.61. The molecule has 0 radical (unpaired) electrons. The number of benzene rings is 1. The van der Waals surface area contributed by atoms with Crippen LogP contribution in [0.5, 0.6) is 0 Å². The van der Waals surface area contributed by atoms with Gasteiger partial charge in [0.25, 0.3) is 0 Å². The van der Waals surface area contributed by atoms with Crippen molar-refractivity contribution in [2.24, 2.45) is 0 Å². The van der Waals surface area contributed by atoms with Crippen molar-refractivity contribution in [1.82, 2.24) is 10.2 Å². The third-order valence-corrected chi connectivity index (χ3v) is 3.83. The SMILES string of the molecule is Cc1ccc(CC(=O)Nc2ccc(N3CCCC3)nn2)cc1. The molecule has 3 rings (SSSR count). The zero-order chi connectivity index (χ0) is 15.4. The fourth-order valence-corrected chi connectivity index (χ4v) is 2.59. The number of hydrogen-bond acceptors (Lipinski definition) is 4. The quantitative estimate of drug-likeness (QED) is 0.942. The molecule has 5 heteroatoms. The summed E-state index contributed by atoms with van der Waals surface area (Å²) in [4.78, 5) is 14.2. The van der Waals surface area contributed by atoms with E-state index in [-0.39, 0.29) is 5.91 Å². The lowest BCUT2D eigenvalue weighted by atomic mass is 10.1. The van der Waals surface area contributed by atoms with Gasteiger partial charge in [0.1, 0.15) is 0 Å². The second-order valence-electron chi connectivity index (χ2n) is 5.68. The molecule has 1 aliphatic heterocycles. The van der Waals surface area contributed by atoms with E-state index in [4.69, 9.17) is 0 Å². The molecule has 1 amide bonds. The largest absolute Gasteiger partial charge is 0.355 e. The molecule has 0 saturated carbocycles. The maximum atomic E-state index is 12.0. The van der Waals surface area contributed by atoms with E-state index < -0.39 is 0 Å². The summed E-state index contributed by atoms with van der Waals surface area (Å²) in [5.74, 6) is 1.31. The minimum absolute atomic E-state index is 0.0768. The number of anilines is 2. The third-order valence-electron chi connectivity index (χ3n) is 3.83. The number of amides is 1. The molecule has 0 aliphatic carbocycles. The molecule has 0 bridgehead atoms. The summed E-state index contributed by atoms with van der Waals surface area (Å²) in [6.07, 6.45) is 2.75. The van der Waals surface area contributed by atoms with Gasteiger partial charge in [0.15, 0.2) is 11.6 Å². The summed E-state index contributed by atoms with van der Waals surface area (Å²) in [7, 11) is 0. The van der Waals surface area contributed by atoms with Crippen molar-refractivity contribution in [2.45, 2.75) is 26.2 Å². The Labute approximate surface area is 130 Å². The topological polar surface area (TPSA) is 58.1 Å². The van der Waals surface area contributed by atoms with Crippen molar-refractivity contribution in [1.29, 1.82) is 0 Å². The van der Waals surface area contributed by atoms with Crippen LogP contribution < -0.4 is 10.2 Å². The number of rotatable bonds is 4. The number of aromatic nitrogens is 2. The van der Waals surface area contributed by atoms with E-state index in [2.05, 4.69) is 20.4 Å². The Morgan fingerprint density at radius 2 is 1.82 bits per heavy atom. The Balaban J connectivity index is 1.57. The Bertz CT molecular complexity index is 631. The molecule has 2 aromatic rings. The second kappa shape index (κ2) is 6.56. The number of hydrogen-bond donors (Lipinski definition) is 1. The van der Waals surface area contributed by atoms with Gasteiger partial charge in [-0.1, -0.05) is 29.8 Å². The first-order valence-corrected chi connectivity index (χ1v) is 7.65. The summed E-state index contributed by atoms with van der Waals surface area (Å²) in [5, 5.41) is 11.1. The van der Waals surface area contributed by atoms with Gasteiger partial charge < -0.3 is 10.2 Å². The highest BCUT2D eigenvalue weighted by atomic mass is 16.1. The molecule has 1 fully saturated rings. The van der Waals surface area contributed by atoms with Crippen LogP contribution in [-0.2, 0) is 11.2 Å². The van der Waals surface area contributed by atoms with Crippen LogP contribution in [0.3, 0.4) is 0 Å². The lowest BCUT2D eigenvalue weighted by Gasteiger charge is -2.15. The molecule has 0 atom stereocenters. The van der Waals surface area contributed by atoms with Gasteiger partial charge in [-0.25, -0.2) is 0 Å². The van der Waals surface area contributed by atoms with Crippen molar-refractivity contribution >= 4 is 17.5 Å². The number of nitrogens with zero attached hydrogens (tertiary/aromatic N) is 3. The first-order chi connectivity index (χ1) is 10.7. The van der Waals surface area contributed by atoms with Gasteiger partial charge in [-0.2, -0.15) is 0 Å². The molecule has 5 nitrogen and oxygen atoms in total. The number of nitrogens with one attached hydrogen (secondary N) is 1. The van der Waals surface area contributed by atoms with Crippen LogP contribution in [-0.4, -0.2) is 29.2 Å². The Kier molecular flexibility index (Phi) is 4.32. The van der Waals surface area contributed by atoms with Crippen LogP contribution in [0.2, 0.25) is 0 Å². The van der Waals surface area contributed by atoms with Crippen molar-refractivity contribution in [2.75, 3.05) is 23.3 Å². The number of carbonyl (C=O) groups excluding carboxylic acids is 1. The summed E-state index contributed by atoms with van der Waals surface area (Å²) in [5.41, 5.74) is 2.18. The normalized spacial score (nSPS) is 14.1.